The van der Waals surface area contributed by atoms with Crippen LogP contribution in [0, 0.1) is 12.8 Å². The first kappa shape index (κ1) is 20.4. The number of carbonyl (C=O) groups is 1. The molecule has 3 heteroatoms. The molecule has 0 radical (unpaired) electrons. The maximum Gasteiger partial charge on any atom is 0.223 e. The Hall–Kier alpha value is -2.91. The van der Waals surface area contributed by atoms with Crippen molar-refractivity contribution in [3.05, 3.63) is 107 Å². The van der Waals surface area contributed by atoms with Gasteiger partial charge in [0.15, 0.2) is 0 Å². The number of carbonyl (C=O) groups excluding carboxylic acids is 1. The Kier molecular flexibility index (Phi) is 6.60. The molecule has 0 aliphatic carbocycles. The number of hydrogen-bond donors (Lipinski definition) is 1. The highest BCUT2D eigenvalue weighted by Crippen LogP contribution is 2.25. The molecule has 1 N–H and O–H groups in total. The number of rotatable bonds is 6. The van der Waals surface area contributed by atoms with Crippen LogP contribution in [0.1, 0.15) is 41.1 Å². The Balaban J connectivity index is 1.38. The lowest BCUT2D eigenvalue weighted by Crippen LogP contribution is -2.41. The van der Waals surface area contributed by atoms with Crippen LogP contribution in [0.2, 0.25) is 0 Å². The fraction of sp³-hybridized carbons (Fsp3) is 0.296. The Labute approximate surface area is 179 Å². The summed E-state index contributed by atoms with van der Waals surface area (Å²) >= 11 is 0. The topological polar surface area (TPSA) is 32.3 Å². The van der Waals surface area contributed by atoms with E-state index in [1.165, 1.54) is 11.1 Å². The van der Waals surface area contributed by atoms with Crippen LogP contribution in [0.4, 0.5) is 0 Å². The summed E-state index contributed by atoms with van der Waals surface area (Å²) in [5.41, 5.74) is 4.89. The molecule has 3 aromatic rings. The third-order valence-electron chi connectivity index (χ3n) is 6.00. The molecule has 1 heterocycles. The summed E-state index contributed by atoms with van der Waals surface area (Å²) in [4.78, 5) is 15.6. The third-order valence-corrected chi connectivity index (χ3v) is 6.00. The Bertz CT molecular complexity index is 907. The van der Waals surface area contributed by atoms with Crippen molar-refractivity contribution in [2.24, 2.45) is 5.92 Å². The van der Waals surface area contributed by atoms with E-state index in [0.29, 0.717) is 0 Å². The van der Waals surface area contributed by atoms with Gasteiger partial charge in [-0.15, -0.1) is 0 Å². The van der Waals surface area contributed by atoms with Crippen molar-refractivity contribution >= 4 is 5.91 Å². The number of aryl methyl sites for hydroxylation is 1. The molecule has 0 bridgehead atoms. The normalized spacial score (nSPS) is 15.3. The highest BCUT2D eigenvalue weighted by atomic mass is 16.1. The molecule has 0 saturated carbocycles. The smallest absolute Gasteiger partial charge is 0.223 e. The van der Waals surface area contributed by atoms with Crippen molar-refractivity contribution in [1.82, 2.24) is 10.2 Å². The molecule has 0 aromatic heterocycles. The minimum atomic E-state index is -0.106. The number of amides is 1. The van der Waals surface area contributed by atoms with Gasteiger partial charge >= 0.3 is 0 Å². The zero-order valence-electron chi connectivity index (χ0n) is 17.6. The highest BCUT2D eigenvalue weighted by molar-refractivity contribution is 5.79. The summed E-state index contributed by atoms with van der Waals surface area (Å²) < 4.78 is 0. The lowest BCUT2D eigenvalue weighted by molar-refractivity contribution is -0.127. The molecule has 30 heavy (non-hydrogen) atoms. The average Bonchev–Trinajstić information content (AvgIpc) is 2.79. The lowest BCUT2D eigenvalue weighted by Gasteiger charge is -2.32. The number of nitrogens with zero attached hydrogens (tertiary/aromatic N) is 1. The van der Waals surface area contributed by atoms with Crippen molar-refractivity contribution < 1.29 is 4.79 Å². The molecular formula is C27H30N2O. The van der Waals surface area contributed by atoms with Crippen LogP contribution in [0.3, 0.4) is 0 Å². The van der Waals surface area contributed by atoms with E-state index >= 15 is 0 Å². The Morgan fingerprint density at radius 1 is 0.900 bits per heavy atom. The van der Waals surface area contributed by atoms with Crippen molar-refractivity contribution in [3.63, 3.8) is 0 Å². The average molecular weight is 399 g/mol. The van der Waals surface area contributed by atoms with E-state index < -0.39 is 0 Å². The molecule has 0 atom stereocenters. The van der Waals surface area contributed by atoms with Gasteiger partial charge in [-0.05, 0) is 49.5 Å². The predicted octanol–water partition coefficient (Wildman–Crippen LogP) is 5.11. The number of piperidine rings is 1. The highest BCUT2D eigenvalue weighted by Gasteiger charge is 2.27. The van der Waals surface area contributed by atoms with Crippen LogP contribution in [-0.2, 0) is 11.3 Å². The van der Waals surface area contributed by atoms with Gasteiger partial charge in [-0.1, -0.05) is 90.5 Å². The van der Waals surface area contributed by atoms with Gasteiger partial charge < -0.3 is 5.32 Å². The molecule has 4 rings (SSSR count). The van der Waals surface area contributed by atoms with E-state index in [4.69, 9.17) is 0 Å². The predicted molar refractivity (Wildman–Crippen MR) is 122 cm³/mol. The first-order valence-electron chi connectivity index (χ1n) is 10.9. The quantitative estimate of drug-likeness (QED) is 0.626. The number of hydrogen-bond acceptors (Lipinski definition) is 2. The second-order valence-electron chi connectivity index (χ2n) is 8.30. The third kappa shape index (κ3) is 5.17. The second kappa shape index (κ2) is 9.73. The van der Waals surface area contributed by atoms with E-state index in [-0.39, 0.29) is 17.9 Å². The summed E-state index contributed by atoms with van der Waals surface area (Å²) in [6, 6.07) is 29.1. The van der Waals surface area contributed by atoms with Gasteiger partial charge in [0, 0.05) is 12.5 Å². The SMILES string of the molecule is Cc1cccc(CN2CCC(C(=O)NC(c3ccccc3)c3ccccc3)CC2)c1. The molecule has 3 nitrogen and oxygen atoms in total. The molecule has 1 fully saturated rings. The Morgan fingerprint density at radius 3 is 2.07 bits per heavy atom. The van der Waals surface area contributed by atoms with Crippen LogP contribution in [-0.4, -0.2) is 23.9 Å². The molecule has 1 saturated heterocycles. The van der Waals surface area contributed by atoms with E-state index in [9.17, 15) is 4.79 Å². The van der Waals surface area contributed by atoms with E-state index in [1.54, 1.807) is 0 Å². The minimum Gasteiger partial charge on any atom is -0.345 e. The zero-order valence-corrected chi connectivity index (χ0v) is 17.6. The second-order valence-corrected chi connectivity index (χ2v) is 8.30. The van der Waals surface area contributed by atoms with Gasteiger partial charge in [-0.2, -0.15) is 0 Å². The van der Waals surface area contributed by atoms with E-state index in [2.05, 4.69) is 65.7 Å². The van der Waals surface area contributed by atoms with Crippen LogP contribution in [0.15, 0.2) is 84.9 Å². The largest absolute Gasteiger partial charge is 0.345 e. The molecule has 0 unspecified atom stereocenters. The standard InChI is InChI=1S/C27H30N2O/c1-21-9-8-10-22(19-21)20-29-17-15-25(16-18-29)27(30)28-26(23-11-4-2-5-12-23)24-13-6-3-7-14-24/h2-14,19,25-26H,15-18,20H2,1H3,(H,28,30). The first-order chi connectivity index (χ1) is 14.7. The van der Waals surface area contributed by atoms with Crippen LogP contribution < -0.4 is 5.32 Å². The number of benzene rings is 3. The summed E-state index contributed by atoms with van der Waals surface area (Å²) in [6.07, 6.45) is 1.82. The van der Waals surface area contributed by atoms with Gasteiger partial charge in [-0.25, -0.2) is 0 Å². The Morgan fingerprint density at radius 2 is 1.50 bits per heavy atom. The molecule has 0 spiro atoms. The van der Waals surface area contributed by atoms with Crippen molar-refractivity contribution in [2.75, 3.05) is 13.1 Å². The van der Waals surface area contributed by atoms with Gasteiger partial charge in [0.05, 0.1) is 6.04 Å². The monoisotopic (exact) mass is 398 g/mol. The number of likely N-dealkylation sites (tertiary alicyclic amines) is 1. The van der Waals surface area contributed by atoms with Gasteiger partial charge in [0.2, 0.25) is 5.91 Å². The van der Waals surface area contributed by atoms with Crippen LogP contribution in [0.25, 0.3) is 0 Å². The molecule has 1 amide bonds. The molecule has 154 valence electrons. The fourth-order valence-electron chi connectivity index (χ4n) is 4.33. The maximum atomic E-state index is 13.1. The minimum absolute atomic E-state index is 0.0775. The van der Waals surface area contributed by atoms with Gasteiger partial charge in [0.25, 0.3) is 0 Å². The summed E-state index contributed by atoms with van der Waals surface area (Å²) in [6.45, 7) is 5.03. The van der Waals surface area contributed by atoms with Crippen molar-refractivity contribution in [3.8, 4) is 0 Å². The van der Waals surface area contributed by atoms with Crippen LogP contribution in [0.5, 0.6) is 0 Å². The molecular weight excluding hydrogens is 368 g/mol. The van der Waals surface area contributed by atoms with E-state index in [1.807, 2.05) is 36.4 Å². The lowest BCUT2D eigenvalue weighted by atomic mass is 9.93. The maximum absolute atomic E-state index is 13.1. The zero-order chi connectivity index (χ0) is 20.8. The van der Waals surface area contributed by atoms with Crippen LogP contribution >= 0.6 is 0 Å². The summed E-state index contributed by atoms with van der Waals surface area (Å²) in [5.74, 6) is 0.247. The summed E-state index contributed by atoms with van der Waals surface area (Å²) in [7, 11) is 0. The van der Waals surface area contributed by atoms with Crippen molar-refractivity contribution in [2.45, 2.75) is 32.4 Å². The molecule has 3 aromatic carbocycles. The van der Waals surface area contributed by atoms with Crippen molar-refractivity contribution in [1.29, 1.82) is 0 Å². The van der Waals surface area contributed by atoms with E-state index in [0.717, 1.165) is 43.6 Å². The summed E-state index contributed by atoms with van der Waals surface area (Å²) in [5, 5.41) is 3.33. The first-order valence-corrected chi connectivity index (χ1v) is 10.9. The molecule has 1 aliphatic rings. The molecule has 1 aliphatic heterocycles. The number of nitrogens with one attached hydrogen (secondary N) is 1. The van der Waals surface area contributed by atoms with Gasteiger partial charge in [0.1, 0.15) is 0 Å². The fourth-order valence-corrected chi connectivity index (χ4v) is 4.33. The van der Waals surface area contributed by atoms with Gasteiger partial charge in [-0.3, -0.25) is 9.69 Å².